The van der Waals surface area contributed by atoms with Gasteiger partial charge in [-0.2, -0.15) is 0 Å². The second-order valence-electron chi connectivity index (χ2n) is 5.20. The molecule has 2 unspecified atom stereocenters. The zero-order valence-electron chi connectivity index (χ0n) is 9.93. The van der Waals surface area contributed by atoms with Crippen LogP contribution < -0.4 is 0 Å². The molecule has 0 N–H and O–H groups in total. The Kier molecular flexibility index (Phi) is 2.74. The highest BCUT2D eigenvalue weighted by Crippen LogP contribution is 2.25. The van der Waals surface area contributed by atoms with Crippen LogP contribution in [0, 0.1) is 0 Å². The van der Waals surface area contributed by atoms with Crippen LogP contribution in [0.3, 0.4) is 0 Å². The number of hydrogen-bond acceptors (Lipinski definition) is 3. The molecule has 1 aromatic rings. The zero-order valence-corrected chi connectivity index (χ0v) is 9.93. The molecule has 0 amide bonds. The predicted molar refractivity (Wildman–Crippen MR) is 63.2 cm³/mol. The molecule has 0 saturated carbocycles. The third-order valence-corrected chi connectivity index (χ3v) is 4.03. The Hall–Kier alpha value is -0.800. The van der Waals surface area contributed by atoms with E-state index in [1.54, 1.807) is 6.26 Å². The summed E-state index contributed by atoms with van der Waals surface area (Å²) in [6.07, 6.45) is 6.41. The maximum Gasteiger partial charge on any atom is 0.0947 e. The summed E-state index contributed by atoms with van der Waals surface area (Å²) < 4.78 is 5.14. The van der Waals surface area contributed by atoms with E-state index < -0.39 is 0 Å². The van der Waals surface area contributed by atoms with E-state index in [-0.39, 0.29) is 0 Å². The summed E-state index contributed by atoms with van der Waals surface area (Å²) in [6, 6.07) is 3.56. The third-order valence-electron chi connectivity index (χ3n) is 4.03. The smallest absolute Gasteiger partial charge is 0.0947 e. The van der Waals surface area contributed by atoms with E-state index in [4.69, 9.17) is 4.42 Å². The van der Waals surface area contributed by atoms with E-state index in [1.165, 1.54) is 38.0 Å². The number of furan rings is 1. The molecule has 16 heavy (non-hydrogen) atoms. The molecule has 0 radical (unpaired) electrons. The van der Waals surface area contributed by atoms with Gasteiger partial charge in [0.2, 0.25) is 0 Å². The molecule has 2 aliphatic heterocycles. The van der Waals surface area contributed by atoms with Gasteiger partial charge in [-0.05, 0) is 32.4 Å². The van der Waals surface area contributed by atoms with Crippen molar-refractivity contribution in [2.75, 3.05) is 19.6 Å². The summed E-state index contributed by atoms with van der Waals surface area (Å²) in [5.74, 6) is 0. The van der Waals surface area contributed by atoms with Gasteiger partial charge < -0.3 is 4.42 Å². The van der Waals surface area contributed by atoms with Crippen LogP contribution in [0.2, 0.25) is 0 Å². The standard InChI is InChI=1S/C13H20N2O/c1-11-7-14-5-2-3-13(14)9-15(11)8-12-4-6-16-10-12/h4,6,10-11,13H,2-3,5,7-9H2,1H3. The topological polar surface area (TPSA) is 19.6 Å². The molecule has 3 rings (SSSR count). The molecular weight excluding hydrogens is 200 g/mol. The second-order valence-corrected chi connectivity index (χ2v) is 5.20. The van der Waals surface area contributed by atoms with Crippen molar-refractivity contribution in [2.24, 2.45) is 0 Å². The first-order valence-corrected chi connectivity index (χ1v) is 6.32. The first kappa shape index (κ1) is 10.4. The van der Waals surface area contributed by atoms with Gasteiger partial charge in [0.25, 0.3) is 0 Å². The Morgan fingerprint density at radius 1 is 1.44 bits per heavy atom. The van der Waals surface area contributed by atoms with Gasteiger partial charge in [-0.15, -0.1) is 0 Å². The SMILES string of the molecule is CC1CN2CCCC2CN1Cc1ccoc1. The maximum atomic E-state index is 5.14. The lowest BCUT2D eigenvalue weighted by Gasteiger charge is -2.42. The molecular formula is C13H20N2O. The molecule has 2 atom stereocenters. The van der Waals surface area contributed by atoms with Gasteiger partial charge in [-0.3, -0.25) is 9.80 Å². The molecule has 0 aromatic carbocycles. The first-order chi connectivity index (χ1) is 7.83. The predicted octanol–water partition coefficient (Wildman–Crippen LogP) is 1.95. The van der Waals surface area contributed by atoms with Gasteiger partial charge >= 0.3 is 0 Å². The van der Waals surface area contributed by atoms with Gasteiger partial charge in [-0.25, -0.2) is 0 Å². The van der Waals surface area contributed by atoms with Crippen molar-refractivity contribution in [3.05, 3.63) is 24.2 Å². The molecule has 3 heteroatoms. The summed E-state index contributed by atoms with van der Waals surface area (Å²) in [4.78, 5) is 5.26. The summed E-state index contributed by atoms with van der Waals surface area (Å²) in [7, 11) is 0. The molecule has 2 saturated heterocycles. The van der Waals surface area contributed by atoms with Gasteiger partial charge in [0.1, 0.15) is 0 Å². The van der Waals surface area contributed by atoms with Crippen LogP contribution in [0.25, 0.3) is 0 Å². The lowest BCUT2D eigenvalue weighted by atomic mass is 10.1. The average molecular weight is 220 g/mol. The van der Waals surface area contributed by atoms with E-state index in [1.807, 2.05) is 6.26 Å². The minimum absolute atomic E-state index is 0.671. The summed E-state index contributed by atoms with van der Waals surface area (Å²) >= 11 is 0. The Morgan fingerprint density at radius 2 is 2.38 bits per heavy atom. The van der Waals surface area contributed by atoms with Crippen LogP contribution in [-0.4, -0.2) is 41.5 Å². The quantitative estimate of drug-likeness (QED) is 0.759. The average Bonchev–Trinajstić information content (AvgIpc) is 2.89. The van der Waals surface area contributed by atoms with Crippen LogP contribution in [0.4, 0.5) is 0 Å². The van der Waals surface area contributed by atoms with Crippen LogP contribution in [0.1, 0.15) is 25.3 Å². The first-order valence-electron chi connectivity index (χ1n) is 6.32. The second kappa shape index (κ2) is 4.22. The minimum atomic E-state index is 0.671. The highest BCUT2D eigenvalue weighted by molar-refractivity contribution is 5.06. The molecule has 2 fully saturated rings. The van der Waals surface area contributed by atoms with Crippen molar-refractivity contribution in [3.63, 3.8) is 0 Å². The minimum Gasteiger partial charge on any atom is -0.472 e. The fourth-order valence-corrected chi connectivity index (χ4v) is 3.09. The summed E-state index contributed by atoms with van der Waals surface area (Å²) in [5.41, 5.74) is 1.30. The Balaban J connectivity index is 1.66. The van der Waals surface area contributed by atoms with Crippen molar-refractivity contribution < 1.29 is 4.42 Å². The van der Waals surface area contributed by atoms with Gasteiger partial charge in [-0.1, -0.05) is 0 Å². The van der Waals surface area contributed by atoms with Crippen LogP contribution in [0.15, 0.2) is 23.0 Å². The van der Waals surface area contributed by atoms with Crippen molar-refractivity contribution >= 4 is 0 Å². The van der Waals surface area contributed by atoms with Crippen molar-refractivity contribution in [1.29, 1.82) is 0 Å². The van der Waals surface area contributed by atoms with E-state index >= 15 is 0 Å². The normalized spacial score (nSPS) is 31.8. The van der Waals surface area contributed by atoms with Crippen LogP contribution >= 0.6 is 0 Å². The molecule has 3 nitrogen and oxygen atoms in total. The number of rotatable bonds is 2. The zero-order chi connectivity index (χ0) is 11.0. The van der Waals surface area contributed by atoms with Crippen LogP contribution in [0.5, 0.6) is 0 Å². The van der Waals surface area contributed by atoms with Gasteiger partial charge in [0, 0.05) is 37.3 Å². The fourth-order valence-electron chi connectivity index (χ4n) is 3.09. The van der Waals surface area contributed by atoms with Gasteiger partial charge in [0.15, 0.2) is 0 Å². The maximum absolute atomic E-state index is 5.14. The monoisotopic (exact) mass is 220 g/mol. The Labute approximate surface area is 97.0 Å². The number of piperazine rings is 1. The van der Waals surface area contributed by atoms with Crippen LogP contribution in [-0.2, 0) is 6.54 Å². The lowest BCUT2D eigenvalue weighted by Crippen LogP contribution is -2.54. The van der Waals surface area contributed by atoms with E-state index in [9.17, 15) is 0 Å². The molecule has 0 bridgehead atoms. The summed E-state index contributed by atoms with van der Waals surface area (Å²) in [5, 5.41) is 0. The number of hydrogen-bond donors (Lipinski definition) is 0. The molecule has 3 heterocycles. The largest absolute Gasteiger partial charge is 0.472 e. The van der Waals surface area contributed by atoms with E-state index in [2.05, 4.69) is 22.8 Å². The van der Waals surface area contributed by atoms with E-state index in [0.29, 0.717) is 6.04 Å². The highest BCUT2D eigenvalue weighted by Gasteiger charge is 2.34. The highest BCUT2D eigenvalue weighted by atomic mass is 16.3. The fraction of sp³-hybridized carbons (Fsp3) is 0.692. The van der Waals surface area contributed by atoms with Crippen molar-refractivity contribution in [1.82, 2.24) is 9.80 Å². The Bertz CT molecular complexity index is 336. The van der Waals surface area contributed by atoms with E-state index in [0.717, 1.165) is 12.6 Å². The summed E-state index contributed by atoms with van der Waals surface area (Å²) in [6.45, 7) is 7.17. The lowest BCUT2D eigenvalue weighted by molar-refractivity contribution is 0.0539. The molecule has 2 aliphatic rings. The third kappa shape index (κ3) is 1.89. The molecule has 1 aromatic heterocycles. The van der Waals surface area contributed by atoms with Crippen molar-refractivity contribution in [3.8, 4) is 0 Å². The molecule has 0 aliphatic carbocycles. The van der Waals surface area contributed by atoms with Crippen molar-refractivity contribution in [2.45, 2.75) is 38.4 Å². The molecule has 0 spiro atoms. The number of nitrogens with zero attached hydrogens (tertiary/aromatic N) is 2. The number of fused-ring (bicyclic) bond motifs is 1. The Morgan fingerprint density at radius 3 is 3.19 bits per heavy atom. The van der Waals surface area contributed by atoms with Gasteiger partial charge in [0.05, 0.1) is 12.5 Å². The molecule has 88 valence electrons.